The highest BCUT2D eigenvalue weighted by atomic mass is 14.4. The van der Waals surface area contributed by atoms with E-state index in [0.29, 0.717) is 0 Å². The highest BCUT2D eigenvalue weighted by molar-refractivity contribution is 5.48. The Balaban J connectivity index is 1.93. The fourth-order valence-electron chi connectivity index (χ4n) is 2.95. The van der Waals surface area contributed by atoms with Gasteiger partial charge in [-0.2, -0.15) is 0 Å². The maximum absolute atomic E-state index is 2.43. The molecule has 14 heavy (non-hydrogen) atoms. The third kappa shape index (κ3) is 1.13. The Morgan fingerprint density at radius 2 is 1.21 bits per heavy atom. The molecule has 0 aliphatic heterocycles. The van der Waals surface area contributed by atoms with Gasteiger partial charge in [0.2, 0.25) is 0 Å². The minimum atomic E-state index is 0.836. The average Bonchev–Trinajstić information content (AvgIpc) is 2.49. The second-order valence-corrected chi connectivity index (χ2v) is 4.42. The summed E-state index contributed by atoms with van der Waals surface area (Å²) in [5, 5.41) is 0. The van der Waals surface area contributed by atoms with Crippen LogP contribution < -0.4 is 0 Å². The summed E-state index contributed by atoms with van der Waals surface area (Å²) in [7, 11) is 0. The zero-order valence-corrected chi connectivity index (χ0v) is 8.45. The van der Waals surface area contributed by atoms with E-state index in [1.807, 2.05) is 0 Å². The molecule has 0 radical (unpaired) electrons. The van der Waals surface area contributed by atoms with Crippen LogP contribution in [-0.2, 0) is 0 Å². The number of allylic oxidation sites excluding steroid dienone is 8. The fourth-order valence-corrected chi connectivity index (χ4v) is 2.95. The van der Waals surface area contributed by atoms with E-state index >= 15 is 0 Å². The van der Waals surface area contributed by atoms with E-state index in [-0.39, 0.29) is 0 Å². The monoisotopic (exact) mass is 184 g/mol. The molecular weight excluding hydrogens is 168 g/mol. The number of rotatable bonds is 0. The second kappa shape index (κ2) is 3.27. The number of fused-ring (bicyclic) bond motifs is 4. The Morgan fingerprint density at radius 1 is 0.714 bits per heavy atom. The molecule has 0 spiro atoms. The van der Waals surface area contributed by atoms with Gasteiger partial charge >= 0.3 is 0 Å². The maximum atomic E-state index is 2.43. The van der Waals surface area contributed by atoms with Crippen LogP contribution in [0.5, 0.6) is 0 Å². The van der Waals surface area contributed by atoms with Gasteiger partial charge in [-0.1, -0.05) is 36.5 Å². The summed E-state index contributed by atoms with van der Waals surface area (Å²) in [6.07, 6.45) is 19.0. The summed E-state index contributed by atoms with van der Waals surface area (Å²) in [6.45, 7) is 0. The Bertz CT molecular complexity index is 316. The first-order valence-electron chi connectivity index (χ1n) is 5.67. The molecule has 1 saturated carbocycles. The highest BCUT2D eigenvalue weighted by Gasteiger charge is 2.39. The van der Waals surface area contributed by atoms with Crippen LogP contribution in [-0.4, -0.2) is 0 Å². The molecule has 3 rings (SSSR count). The van der Waals surface area contributed by atoms with Crippen molar-refractivity contribution in [2.45, 2.75) is 25.7 Å². The van der Waals surface area contributed by atoms with Gasteiger partial charge in [-0.25, -0.2) is 0 Å². The summed E-state index contributed by atoms with van der Waals surface area (Å²) in [5.74, 6) is 1.67. The quantitative estimate of drug-likeness (QED) is 0.502. The fraction of sp³-hybridized carbons (Fsp3) is 0.429. The third-order valence-electron chi connectivity index (χ3n) is 3.68. The van der Waals surface area contributed by atoms with Crippen molar-refractivity contribution in [3.8, 4) is 0 Å². The van der Waals surface area contributed by atoms with Crippen LogP contribution in [0.4, 0.5) is 0 Å². The molecule has 0 N–H and O–H groups in total. The lowest BCUT2D eigenvalue weighted by molar-refractivity contribution is 0.371. The molecule has 3 aliphatic rings. The van der Waals surface area contributed by atoms with E-state index in [1.54, 1.807) is 11.1 Å². The zero-order chi connectivity index (χ0) is 9.38. The average molecular weight is 184 g/mol. The van der Waals surface area contributed by atoms with Crippen molar-refractivity contribution in [3.63, 3.8) is 0 Å². The lowest BCUT2D eigenvalue weighted by Crippen LogP contribution is -2.31. The summed E-state index contributed by atoms with van der Waals surface area (Å²) in [5.41, 5.74) is 3.31. The normalized spacial score (nSPS) is 34.3. The molecule has 0 heterocycles. The van der Waals surface area contributed by atoms with Crippen LogP contribution in [0.3, 0.4) is 0 Å². The molecule has 0 aromatic carbocycles. The molecule has 0 saturated heterocycles. The SMILES string of the molecule is C1=CC[C@@H]2C(=CC1)C1=CCC=CC[C@H]12. The highest BCUT2D eigenvalue weighted by Crippen LogP contribution is 2.51. The molecule has 0 bridgehead atoms. The third-order valence-corrected chi connectivity index (χ3v) is 3.68. The van der Waals surface area contributed by atoms with Gasteiger partial charge in [0, 0.05) is 0 Å². The molecule has 72 valence electrons. The van der Waals surface area contributed by atoms with Gasteiger partial charge < -0.3 is 0 Å². The largest absolute Gasteiger partial charge is 0.0876 e. The van der Waals surface area contributed by atoms with Gasteiger partial charge in [-0.3, -0.25) is 0 Å². The van der Waals surface area contributed by atoms with Gasteiger partial charge in [0.1, 0.15) is 0 Å². The lowest BCUT2D eigenvalue weighted by atomic mass is 9.62. The van der Waals surface area contributed by atoms with Crippen molar-refractivity contribution in [2.24, 2.45) is 11.8 Å². The van der Waals surface area contributed by atoms with Crippen LogP contribution >= 0.6 is 0 Å². The van der Waals surface area contributed by atoms with Gasteiger partial charge in [0.15, 0.2) is 0 Å². The zero-order valence-electron chi connectivity index (χ0n) is 8.45. The summed E-state index contributed by atoms with van der Waals surface area (Å²) < 4.78 is 0. The first kappa shape index (κ1) is 8.28. The summed E-state index contributed by atoms with van der Waals surface area (Å²) in [4.78, 5) is 0. The predicted molar refractivity (Wildman–Crippen MR) is 59.9 cm³/mol. The molecule has 1 fully saturated rings. The minimum absolute atomic E-state index is 0.836. The molecule has 0 unspecified atom stereocenters. The minimum Gasteiger partial charge on any atom is -0.0876 e. The topological polar surface area (TPSA) is 0 Å². The van der Waals surface area contributed by atoms with Crippen molar-refractivity contribution in [1.29, 1.82) is 0 Å². The molecule has 0 nitrogen and oxygen atoms in total. The van der Waals surface area contributed by atoms with Crippen molar-refractivity contribution < 1.29 is 0 Å². The van der Waals surface area contributed by atoms with Crippen molar-refractivity contribution in [2.75, 3.05) is 0 Å². The van der Waals surface area contributed by atoms with Gasteiger partial charge in [-0.15, -0.1) is 0 Å². The molecule has 2 atom stereocenters. The standard InChI is InChI=1S/C14H16/c1-3-7-11-12(8-4-1)14-10-6-2-5-9-13(11)14/h1-3,5,8,10-11,13H,4,6-7,9H2/t11-,13+/m1/s1. The van der Waals surface area contributed by atoms with Gasteiger partial charge in [0.05, 0.1) is 0 Å². The maximum Gasteiger partial charge on any atom is -0.00559 e. The Kier molecular flexibility index (Phi) is 1.93. The van der Waals surface area contributed by atoms with Crippen LogP contribution in [0.1, 0.15) is 25.7 Å². The van der Waals surface area contributed by atoms with E-state index in [2.05, 4.69) is 36.5 Å². The van der Waals surface area contributed by atoms with Gasteiger partial charge in [-0.05, 0) is 48.7 Å². The van der Waals surface area contributed by atoms with Gasteiger partial charge in [0.25, 0.3) is 0 Å². The predicted octanol–water partition coefficient (Wildman–Crippen LogP) is 3.79. The summed E-state index contributed by atoms with van der Waals surface area (Å²) >= 11 is 0. The second-order valence-electron chi connectivity index (χ2n) is 4.42. The van der Waals surface area contributed by atoms with Crippen LogP contribution in [0.25, 0.3) is 0 Å². The van der Waals surface area contributed by atoms with Crippen LogP contribution in [0.15, 0.2) is 47.6 Å². The van der Waals surface area contributed by atoms with E-state index in [0.717, 1.165) is 24.7 Å². The number of hydrogen-bond acceptors (Lipinski definition) is 0. The molecule has 0 heteroatoms. The van der Waals surface area contributed by atoms with Crippen molar-refractivity contribution >= 4 is 0 Å². The smallest absolute Gasteiger partial charge is 0.00559 e. The molecule has 3 aliphatic carbocycles. The van der Waals surface area contributed by atoms with Crippen LogP contribution in [0.2, 0.25) is 0 Å². The van der Waals surface area contributed by atoms with E-state index < -0.39 is 0 Å². The molecule has 0 amide bonds. The Labute approximate surface area is 85.7 Å². The Hall–Kier alpha value is -1.04. The van der Waals surface area contributed by atoms with E-state index in [9.17, 15) is 0 Å². The first-order valence-corrected chi connectivity index (χ1v) is 5.67. The number of hydrogen-bond donors (Lipinski definition) is 0. The lowest BCUT2D eigenvalue weighted by Gasteiger charge is -2.41. The Morgan fingerprint density at radius 3 is 1.71 bits per heavy atom. The van der Waals surface area contributed by atoms with Crippen molar-refractivity contribution in [1.82, 2.24) is 0 Å². The van der Waals surface area contributed by atoms with E-state index in [1.165, 1.54) is 12.8 Å². The molecular formula is C14H16. The van der Waals surface area contributed by atoms with Crippen LogP contribution in [0, 0.1) is 11.8 Å². The van der Waals surface area contributed by atoms with Crippen molar-refractivity contribution in [3.05, 3.63) is 47.6 Å². The van der Waals surface area contributed by atoms with E-state index in [4.69, 9.17) is 0 Å². The molecule has 0 aromatic rings. The molecule has 0 aromatic heterocycles. The first-order chi connectivity index (χ1) is 6.97. The summed E-state index contributed by atoms with van der Waals surface area (Å²) in [6, 6.07) is 0.